The first-order valence-electron chi connectivity index (χ1n) is 4.08. The summed E-state index contributed by atoms with van der Waals surface area (Å²) < 4.78 is 5.67. The average molecular weight is 194 g/mol. The highest BCUT2D eigenvalue weighted by molar-refractivity contribution is 7.14. The van der Waals surface area contributed by atoms with E-state index in [9.17, 15) is 4.79 Å². The Balaban J connectivity index is 2.43. The number of rotatable bonds is 1. The largest absolute Gasteiger partial charge is 0.482 e. The molecule has 0 bridgehead atoms. The highest BCUT2D eigenvalue weighted by Gasteiger charge is 2.23. The minimum atomic E-state index is -0.256. The molecule has 0 fully saturated rings. The van der Waals surface area contributed by atoms with Crippen LogP contribution in [0, 0.1) is 0 Å². The van der Waals surface area contributed by atoms with E-state index < -0.39 is 0 Å². The Morgan fingerprint density at radius 2 is 2.31 bits per heavy atom. The molecule has 0 spiro atoms. The first-order chi connectivity index (χ1) is 6.11. The third-order valence-corrected chi connectivity index (χ3v) is 2.88. The van der Waals surface area contributed by atoms with Gasteiger partial charge in [0.1, 0.15) is 11.4 Å². The van der Waals surface area contributed by atoms with Crippen molar-refractivity contribution in [3.63, 3.8) is 0 Å². The van der Waals surface area contributed by atoms with Crippen LogP contribution >= 0.6 is 11.3 Å². The van der Waals surface area contributed by atoms with Crippen LogP contribution in [0.1, 0.15) is 28.4 Å². The van der Waals surface area contributed by atoms with Gasteiger partial charge in [0, 0.05) is 6.07 Å². The van der Waals surface area contributed by atoms with Crippen LogP contribution in [-0.4, -0.2) is 11.9 Å². The van der Waals surface area contributed by atoms with Gasteiger partial charge in [0.25, 0.3) is 0 Å². The summed E-state index contributed by atoms with van der Waals surface area (Å²) in [6.07, 6.45) is 4.87. The molecule has 2 heterocycles. The molecule has 2 nitrogen and oxygen atoms in total. The Bertz CT molecular complexity index is 374. The zero-order valence-electron chi connectivity index (χ0n) is 7.53. The maximum atomic E-state index is 10.5. The first-order valence-corrected chi connectivity index (χ1v) is 4.90. The molecule has 68 valence electrons. The van der Waals surface area contributed by atoms with Crippen molar-refractivity contribution in [1.82, 2.24) is 0 Å². The summed E-state index contributed by atoms with van der Waals surface area (Å²) in [7, 11) is 0. The zero-order chi connectivity index (χ0) is 9.47. The van der Waals surface area contributed by atoms with Gasteiger partial charge in [0.15, 0.2) is 6.29 Å². The number of carbonyl (C=O) groups excluding carboxylic acids is 1. The number of hydrogen-bond acceptors (Lipinski definition) is 3. The molecule has 1 aromatic rings. The molecule has 1 aromatic heterocycles. The molecular weight excluding hydrogens is 184 g/mol. The lowest BCUT2D eigenvalue weighted by molar-refractivity contribution is 0.112. The van der Waals surface area contributed by atoms with Crippen LogP contribution in [0.15, 0.2) is 12.1 Å². The van der Waals surface area contributed by atoms with Gasteiger partial charge in [-0.25, -0.2) is 0 Å². The zero-order valence-corrected chi connectivity index (χ0v) is 8.35. The van der Waals surface area contributed by atoms with E-state index in [1.807, 2.05) is 26.0 Å². The van der Waals surface area contributed by atoms with Crippen LogP contribution in [0.25, 0.3) is 6.08 Å². The summed E-state index contributed by atoms with van der Waals surface area (Å²) in [6.45, 7) is 3.98. The van der Waals surface area contributed by atoms with Gasteiger partial charge in [-0.3, -0.25) is 4.79 Å². The third kappa shape index (κ3) is 1.52. The lowest BCUT2D eigenvalue weighted by Crippen LogP contribution is -2.26. The smallest absolute Gasteiger partial charge is 0.160 e. The molecule has 3 heteroatoms. The van der Waals surface area contributed by atoms with E-state index in [2.05, 4.69) is 0 Å². The van der Waals surface area contributed by atoms with Gasteiger partial charge in [0.2, 0.25) is 0 Å². The second kappa shape index (κ2) is 2.70. The molecule has 0 radical (unpaired) electrons. The van der Waals surface area contributed by atoms with E-state index in [4.69, 9.17) is 4.74 Å². The quantitative estimate of drug-likeness (QED) is 0.642. The summed E-state index contributed by atoms with van der Waals surface area (Å²) in [5, 5.41) is 0. The van der Waals surface area contributed by atoms with Crippen molar-refractivity contribution >= 4 is 23.7 Å². The molecule has 2 rings (SSSR count). The molecule has 0 amide bonds. The summed E-state index contributed by atoms with van der Waals surface area (Å²) in [4.78, 5) is 12.3. The van der Waals surface area contributed by atoms with Gasteiger partial charge in [-0.2, -0.15) is 0 Å². The van der Waals surface area contributed by atoms with E-state index in [-0.39, 0.29) is 5.60 Å². The van der Waals surface area contributed by atoms with Crippen LogP contribution in [0.3, 0.4) is 0 Å². The fourth-order valence-corrected chi connectivity index (χ4v) is 2.06. The molecule has 0 aromatic carbocycles. The van der Waals surface area contributed by atoms with Gasteiger partial charge < -0.3 is 4.74 Å². The summed E-state index contributed by atoms with van der Waals surface area (Å²) in [5.41, 5.74) is -0.256. The fraction of sp³-hybridized carbons (Fsp3) is 0.300. The number of aldehydes is 1. The van der Waals surface area contributed by atoms with E-state index in [1.54, 1.807) is 6.07 Å². The maximum Gasteiger partial charge on any atom is 0.160 e. The number of thiophene rings is 1. The number of fused-ring (bicyclic) bond motifs is 1. The SMILES string of the molecule is CC1(C)C=Cc2sc(C=O)cc2O1. The van der Waals surface area contributed by atoms with Crippen LogP contribution in [0.2, 0.25) is 0 Å². The van der Waals surface area contributed by atoms with E-state index in [0.717, 1.165) is 16.9 Å². The first kappa shape index (κ1) is 8.51. The Morgan fingerprint density at radius 1 is 1.54 bits per heavy atom. The molecule has 1 aliphatic heterocycles. The van der Waals surface area contributed by atoms with Crippen LogP contribution in [0.5, 0.6) is 5.75 Å². The van der Waals surface area contributed by atoms with Crippen molar-refractivity contribution in [2.75, 3.05) is 0 Å². The van der Waals surface area contributed by atoms with Crippen molar-refractivity contribution in [3.05, 3.63) is 21.9 Å². The van der Waals surface area contributed by atoms with Crippen molar-refractivity contribution in [2.24, 2.45) is 0 Å². The predicted molar refractivity (Wildman–Crippen MR) is 53.4 cm³/mol. The molecular formula is C10H10O2S. The second-order valence-electron chi connectivity index (χ2n) is 3.53. The third-order valence-electron chi connectivity index (χ3n) is 1.87. The molecule has 0 saturated carbocycles. The van der Waals surface area contributed by atoms with Gasteiger partial charge in [-0.1, -0.05) is 0 Å². The molecule has 13 heavy (non-hydrogen) atoms. The van der Waals surface area contributed by atoms with Crippen LogP contribution in [-0.2, 0) is 0 Å². The molecule has 0 aliphatic carbocycles. The molecule has 0 unspecified atom stereocenters. The minimum absolute atomic E-state index is 0.256. The summed E-state index contributed by atoms with van der Waals surface area (Å²) in [5.74, 6) is 0.819. The van der Waals surface area contributed by atoms with E-state index >= 15 is 0 Å². The Hall–Kier alpha value is -1.09. The monoisotopic (exact) mass is 194 g/mol. The van der Waals surface area contributed by atoms with E-state index in [1.165, 1.54) is 11.3 Å². The highest BCUT2D eigenvalue weighted by Crippen LogP contribution is 2.36. The molecule has 0 N–H and O–H groups in total. The Morgan fingerprint density at radius 3 is 3.00 bits per heavy atom. The lowest BCUT2D eigenvalue weighted by atomic mass is 10.1. The van der Waals surface area contributed by atoms with Crippen molar-refractivity contribution in [2.45, 2.75) is 19.4 Å². The normalized spacial score (nSPS) is 17.7. The van der Waals surface area contributed by atoms with Crippen LogP contribution in [0.4, 0.5) is 0 Å². The summed E-state index contributed by atoms with van der Waals surface area (Å²) >= 11 is 1.46. The Labute approximate surface area is 80.8 Å². The van der Waals surface area contributed by atoms with Crippen molar-refractivity contribution < 1.29 is 9.53 Å². The number of carbonyl (C=O) groups is 1. The van der Waals surface area contributed by atoms with Gasteiger partial charge in [0.05, 0.1) is 9.75 Å². The fourth-order valence-electron chi connectivity index (χ4n) is 1.25. The van der Waals surface area contributed by atoms with Gasteiger partial charge in [-0.05, 0) is 26.0 Å². The standard InChI is InChI=1S/C10H10O2S/c1-10(2)4-3-9-8(12-10)5-7(6-11)13-9/h3-6H,1-2H3. The minimum Gasteiger partial charge on any atom is -0.482 e. The predicted octanol–water partition coefficient (Wildman–Crippen LogP) is 2.74. The molecule has 0 saturated heterocycles. The van der Waals surface area contributed by atoms with E-state index in [0.29, 0.717) is 4.88 Å². The lowest BCUT2D eigenvalue weighted by Gasteiger charge is -2.25. The Kier molecular flexibility index (Phi) is 1.77. The highest BCUT2D eigenvalue weighted by atomic mass is 32.1. The number of ether oxygens (including phenoxy) is 1. The summed E-state index contributed by atoms with van der Waals surface area (Å²) in [6, 6.07) is 1.79. The second-order valence-corrected chi connectivity index (χ2v) is 4.65. The maximum absolute atomic E-state index is 10.5. The van der Waals surface area contributed by atoms with Crippen molar-refractivity contribution in [3.8, 4) is 5.75 Å². The van der Waals surface area contributed by atoms with Crippen molar-refractivity contribution in [1.29, 1.82) is 0 Å². The number of hydrogen-bond donors (Lipinski definition) is 0. The van der Waals surface area contributed by atoms with Gasteiger partial charge >= 0.3 is 0 Å². The van der Waals surface area contributed by atoms with Crippen LogP contribution < -0.4 is 4.74 Å². The molecule has 0 atom stereocenters. The average Bonchev–Trinajstić information content (AvgIpc) is 2.44. The van der Waals surface area contributed by atoms with Gasteiger partial charge in [-0.15, -0.1) is 11.3 Å². The molecule has 1 aliphatic rings. The topological polar surface area (TPSA) is 26.3 Å².